The van der Waals surface area contributed by atoms with E-state index in [2.05, 4.69) is 10.6 Å². The molecule has 2 atom stereocenters. The normalized spacial score (nSPS) is 12.9. The van der Waals surface area contributed by atoms with Gasteiger partial charge in [0.2, 0.25) is 0 Å². The van der Waals surface area contributed by atoms with Crippen LogP contribution in [-0.2, 0) is 14.3 Å². The Morgan fingerprint density at radius 1 is 1.07 bits per heavy atom. The van der Waals surface area contributed by atoms with Crippen molar-refractivity contribution in [2.45, 2.75) is 32.9 Å². The maximum absolute atomic E-state index is 12.5. The maximum atomic E-state index is 12.5. The number of thiophene rings is 1. The number of anilines is 1. The zero-order chi connectivity index (χ0) is 20.0. The van der Waals surface area contributed by atoms with Crippen LogP contribution in [0.4, 0.5) is 5.69 Å². The van der Waals surface area contributed by atoms with Crippen LogP contribution in [0.3, 0.4) is 0 Å². The molecular formula is C19H21ClN2O4S. The van der Waals surface area contributed by atoms with Gasteiger partial charge in [-0.1, -0.05) is 31.5 Å². The Morgan fingerprint density at radius 3 is 2.30 bits per heavy atom. The summed E-state index contributed by atoms with van der Waals surface area (Å²) >= 11 is 7.09. The number of nitrogens with one attached hydrogen (secondary N) is 2. The first kappa shape index (κ1) is 20.9. The third kappa shape index (κ3) is 6.08. The minimum absolute atomic E-state index is 0.201. The van der Waals surface area contributed by atoms with Crippen LogP contribution in [-0.4, -0.2) is 29.9 Å². The Morgan fingerprint density at radius 2 is 1.74 bits per heavy atom. The number of benzene rings is 1. The van der Waals surface area contributed by atoms with Gasteiger partial charge in [0.25, 0.3) is 11.8 Å². The van der Waals surface area contributed by atoms with Crippen molar-refractivity contribution >= 4 is 46.4 Å². The van der Waals surface area contributed by atoms with Crippen LogP contribution < -0.4 is 10.6 Å². The fourth-order valence-electron chi connectivity index (χ4n) is 2.20. The van der Waals surface area contributed by atoms with Crippen LogP contribution in [0.15, 0.2) is 41.8 Å². The molecule has 2 N–H and O–H groups in total. The number of rotatable bonds is 7. The van der Waals surface area contributed by atoms with E-state index in [9.17, 15) is 14.4 Å². The number of hydrogen-bond acceptors (Lipinski definition) is 5. The van der Waals surface area contributed by atoms with Gasteiger partial charge in [-0.15, -0.1) is 11.3 Å². The molecule has 0 saturated carbocycles. The number of carbonyl (C=O) groups is 3. The molecule has 0 radical (unpaired) electrons. The molecule has 0 saturated heterocycles. The van der Waals surface area contributed by atoms with Crippen LogP contribution in [0.2, 0.25) is 5.02 Å². The lowest BCUT2D eigenvalue weighted by Crippen LogP contribution is -2.47. The summed E-state index contributed by atoms with van der Waals surface area (Å²) in [4.78, 5) is 37.4. The summed E-state index contributed by atoms with van der Waals surface area (Å²) in [6.45, 7) is 5.06. The lowest BCUT2D eigenvalue weighted by Gasteiger charge is -2.22. The van der Waals surface area contributed by atoms with Crippen molar-refractivity contribution in [2.24, 2.45) is 5.92 Å². The van der Waals surface area contributed by atoms with E-state index < -0.39 is 24.0 Å². The molecule has 6 nitrogen and oxygen atoms in total. The fourth-order valence-corrected chi connectivity index (χ4v) is 2.95. The van der Waals surface area contributed by atoms with E-state index in [0.717, 1.165) is 0 Å². The second kappa shape index (κ2) is 9.53. The van der Waals surface area contributed by atoms with Crippen molar-refractivity contribution in [3.05, 3.63) is 51.7 Å². The highest BCUT2D eigenvalue weighted by atomic mass is 35.5. The lowest BCUT2D eigenvalue weighted by atomic mass is 10.0. The highest BCUT2D eigenvalue weighted by Gasteiger charge is 2.29. The highest BCUT2D eigenvalue weighted by Crippen LogP contribution is 2.15. The molecule has 0 aliphatic heterocycles. The van der Waals surface area contributed by atoms with E-state index in [1.54, 1.807) is 55.6 Å². The number of amides is 2. The van der Waals surface area contributed by atoms with E-state index >= 15 is 0 Å². The minimum atomic E-state index is -1.02. The molecule has 0 aliphatic carbocycles. The number of halogens is 1. The molecule has 2 rings (SSSR count). The van der Waals surface area contributed by atoms with Crippen molar-refractivity contribution < 1.29 is 19.1 Å². The first-order valence-electron chi connectivity index (χ1n) is 8.39. The number of carbonyl (C=O) groups excluding carboxylic acids is 3. The molecule has 2 aromatic rings. The van der Waals surface area contributed by atoms with Crippen molar-refractivity contribution in [3.63, 3.8) is 0 Å². The Bertz CT molecular complexity index is 791. The lowest BCUT2D eigenvalue weighted by molar-refractivity contribution is -0.156. The second-order valence-electron chi connectivity index (χ2n) is 6.25. The average Bonchev–Trinajstić information content (AvgIpc) is 3.15. The standard InChI is InChI=1S/C19H21ClN2O4S/c1-11(2)16(22-18(24)15-5-4-10-27-15)19(25)26-12(3)17(23)21-14-8-6-13(20)7-9-14/h4-12,16H,1-3H3,(H,21,23)(H,22,24)/t12-,16+/m1/s1. The van der Waals surface area contributed by atoms with E-state index in [-0.39, 0.29) is 11.8 Å². The third-order valence-electron chi connectivity index (χ3n) is 3.73. The quantitative estimate of drug-likeness (QED) is 0.683. The maximum Gasteiger partial charge on any atom is 0.329 e. The van der Waals surface area contributed by atoms with Gasteiger partial charge in [-0.05, 0) is 48.6 Å². The zero-order valence-corrected chi connectivity index (χ0v) is 16.8. The van der Waals surface area contributed by atoms with Gasteiger partial charge in [-0.2, -0.15) is 0 Å². The van der Waals surface area contributed by atoms with Crippen LogP contribution >= 0.6 is 22.9 Å². The summed E-state index contributed by atoms with van der Waals surface area (Å²) < 4.78 is 5.26. The van der Waals surface area contributed by atoms with Gasteiger partial charge in [0.15, 0.2) is 6.10 Å². The predicted molar refractivity (Wildman–Crippen MR) is 106 cm³/mol. The Balaban J connectivity index is 1.95. The summed E-state index contributed by atoms with van der Waals surface area (Å²) in [7, 11) is 0. The molecule has 0 spiro atoms. The van der Waals surface area contributed by atoms with Crippen LogP contribution in [0.5, 0.6) is 0 Å². The molecule has 1 aromatic carbocycles. The van der Waals surface area contributed by atoms with Crippen LogP contribution in [0.25, 0.3) is 0 Å². The van der Waals surface area contributed by atoms with Crippen molar-refractivity contribution in [2.75, 3.05) is 5.32 Å². The second-order valence-corrected chi connectivity index (χ2v) is 7.63. The average molecular weight is 409 g/mol. The molecular weight excluding hydrogens is 388 g/mol. The molecule has 0 unspecified atom stereocenters. The zero-order valence-electron chi connectivity index (χ0n) is 15.2. The van der Waals surface area contributed by atoms with E-state index in [1.165, 1.54) is 18.3 Å². The third-order valence-corrected chi connectivity index (χ3v) is 4.85. The van der Waals surface area contributed by atoms with Gasteiger partial charge < -0.3 is 15.4 Å². The summed E-state index contributed by atoms with van der Waals surface area (Å²) in [5.74, 6) is -1.68. The summed E-state index contributed by atoms with van der Waals surface area (Å²) in [5, 5.41) is 7.64. The van der Waals surface area contributed by atoms with Gasteiger partial charge in [0.05, 0.1) is 4.88 Å². The highest BCUT2D eigenvalue weighted by molar-refractivity contribution is 7.12. The molecule has 8 heteroatoms. The number of hydrogen-bond donors (Lipinski definition) is 2. The molecule has 27 heavy (non-hydrogen) atoms. The van der Waals surface area contributed by atoms with E-state index in [0.29, 0.717) is 15.6 Å². The Labute approximate surface area is 166 Å². The first-order chi connectivity index (χ1) is 12.8. The molecule has 1 aromatic heterocycles. The largest absolute Gasteiger partial charge is 0.451 e. The molecule has 0 fully saturated rings. The topological polar surface area (TPSA) is 84.5 Å². The first-order valence-corrected chi connectivity index (χ1v) is 9.65. The van der Waals surface area contributed by atoms with Gasteiger partial charge >= 0.3 is 5.97 Å². The van der Waals surface area contributed by atoms with Crippen LogP contribution in [0, 0.1) is 5.92 Å². The van der Waals surface area contributed by atoms with Gasteiger partial charge in [-0.25, -0.2) is 4.79 Å². The summed E-state index contributed by atoms with van der Waals surface area (Å²) in [6, 6.07) is 9.15. The number of esters is 1. The smallest absolute Gasteiger partial charge is 0.329 e. The van der Waals surface area contributed by atoms with Gasteiger partial charge in [-0.3, -0.25) is 9.59 Å². The van der Waals surface area contributed by atoms with Gasteiger partial charge in [0.1, 0.15) is 6.04 Å². The molecule has 144 valence electrons. The Hall–Kier alpha value is -2.38. The predicted octanol–water partition coefficient (Wildman–Crippen LogP) is 3.73. The summed E-state index contributed by atoms with van der Waals surface area (Å²) in [6.07, 6.45) is -1.02. The van der Waals surface area contributed by atoms with Crippen molar-refractivity contribution in [1.82, 2.24) is 5.32 Å². The fraction of sp³-hybridized carbons (Fsp3) is 0.316. The van der Waals surface area contributed by atoms with Crippen molar-refractivity contribution in [1.29, 1.82) is 0 Å². The Kier molecular flexibility index (Phi) is 7.38. The molecule has 0 aliphatic rings. The molecule has 1 heterocycles. The van der Waals surface area contributed by atoms with Crippen molar-refractivity contribution in [3.8, 4) is 0 Å². The number of ether oxygens (including phenoxy) is 1. The molecule has 0 bridgehead atoms. The van der Waals surface area contributed by atoms with E-state index in [4.69, 9.17) is 16.3 Å². The van der Waals surface area contributed by atoms with Crippen LogP contribution in [0.1, 0.15) is 30.4 Å². The molecule has 2 amide bonds. The monoisotopic (exact) mass is 408 g/mol. The van der Waals surface area contributed by atoms with E-state index in [1.807, 2.05) is 0 Å². The minimum Gasteiger partial charge on any atom is -0.451 e. The SMILES string of the molecule is CC(C)[C@H](NC(=O)c1cccs1)C(=O)O[C@H](C)C(=O)Nc1ccc(Cl)cc1. The van der Waals surface area contributed by atoms with Gasteiger partial charge in [0, 0.05) is 10.7 Å². The summed E-state index contributed by atoms with van der Waals surface area (Å²) in [5.41, 5.74) is 0.540.